The van der Waals surface area contributed by atoms with Crippen molar-refractivity contribution in [2.24, 2.45) is 7.05 Å². The minimum atomic E-state index is -0.233. The van der Waals surface area contributed by atoms with E-state index in [0.29, 0.717) is 0 Å². The van der Waals surface area contributed by atoms with E-state index >= 15 is 0 Å². The Morgan fingerprint density at radius 2 is 2.00 bits per heavy atom. The van der Waals surface area contributed by atoms with E-state index in [4.69, 9.17) is 0 Å². The summed E-state index contributed by atoms with van der Waals surface area (Å²) in [5.41, 5.74) is 3.02. The Morgan fingerprint density at radius 3 is 2.71 bits per heavy atom. The van der Waals surface area contributed by atoms with Gasteiger partial charge in [0.2, 0.25) is 5.91 Å². The number of aryl methyl sites for hydroxylation is 1. The van der Waals surface area contributed by atoms with E-state index in [1.54, 1.807) is 17.5 Å². The van der Waals surface area contributed by atoms with Crippen molar-refractivity contribution in [3.8, 4) is 0 Å². The molecule has 0 saturated heterocycles. The summed E-state index contributed by atoms with van der Waals surface area (Å²) < 4.78 is 3.12. The number of hydrogen-bond donors (Lipinski definition) is 1. The van der Waals surface area contributed by atoms with Crippen LogP contribution in [0.3, 0.4) is 0 Å². The van der Waals surface area contributed by atoms with Crippen LogP contribution >= 0.6 is 23.1 Å². The maximum atomic E-state index is 12.4. The van der Waals surface area contributed by atoms with Gasteiger partial charge in [0.15, 0.2) is 5.16 Å². The molecule has 0 radical (unpaired) electrons. The first-order valence-corrected chi connectivity index (χ1v) is 10.7. The van der Waals surface area contributed by atoms with E-state index in [1.807, 2.05) is 67.2 Å². The molecule has 28 heavy (non-hydrogen) atoms. The zero-order valence-corrected chi connectivity index (χ0v) is 17.3. The molecule has 0 aliphatic rings. The fourth-order valence-electron chi connectivity index (χ4n) is 2.80. The number of nitrogens with one attached hydrogen (secondary N) is 1. The van der Waals surface area contributed by atoms with Gasteiger partial charge in [-0.2, -0.15) is 0 Å². The Hall–Kier alpha value is -2.64. The van der Waals surface area contributed by atoms with E-state index in [2.05, 4.69) is 21.4 Å². The maximum absolute atomic E-state index is 12.4. The second-order valence-electron chi connectivity index (χ2n) is 6.52. The number of anilines is 1. The lowest BCUT2D eigenvalue weighted by atomic mass is 10.1. The van der Waals surface area contributed by atoms with Gasteiger partial charge in [0, 0.05) is 31.5 Å². The summed E-state index contributed by atoms with van der Waals surface area (Å²) in [6.45, 7) is 1.89. The van der Waals surface area contributed by atoms with Crippen molar-refractivity contribution >= 4 is 44.9 Å². The third kappa shape index (κ3) is 4.26. The van der Waals surface area contributed by atoms with Crippen LogP contribution in [0, 0.1) is 0 Å². The van der Waals surface area contributed by atoms with Gasteiger partial charge in [-0.15, -0.1) is 11.3 Å². The standard InChI is InChI=1S/C21H20N4OS2/c1-14(27-21-22-11-12-25(21)2)20(26)23-16-9-7-15(8-10-16)13-19-24-17-5-3-4-6-18(17)28-19/h3-12,14H,13H2,1-2H3,(H,23,26). The Kier molecular flexibility index (Phi) is 5.45. The minimum absolute atomic E-state index is 0.0353. The Morgan fingerprint density at radius 1 is 1.21 bits per heavy atom. The first-order valence-electron chi connectivity index (χ1n) is 8.97. The molecule has 0 saturated carbocycles. The topological polar surface area (TPSA) is 59.8 Å². The van der Waals surface area contributed by atoms with Crippen LogP contribution in [0.1, 0.15) is 17.5 Å². The SMILES string of the molecule is CC(Sc1nccn1C)C(=O)Nc1ccc(Cc2nc3ccccc3s2)cc1. The van der Waals surface area contributed by atoms with E-state index in [9.17, 15) is 4.79 Å². The van der Waals surface area contributed by atoms with E-state index in [-0.39, 0.29) is 11.2 Å². The lowest BCUT2D eigenvalue weighted by Gasteiger charge is -2.12. The van der Waals surface area contributed by atoms with Crippen LogP contribution in [-0.2, 0) is 18.3 Å². The summed E-state index contributed by atoms with van der Waals surface area (Å²) in [6.07, 6.45) is 4.40. The number of imidazole rings is 1. The number of rotatable bonds is 6. The Balaban J connectivity index is 1.37. The van der Waals surface area contributed by atoms with Crippen LogP contribution in [0.5, 0.6) is 0 Å². The molecule has 1 atom stereocenters. The first-order chi connectivity index (χ1) is 13.6. The summed E-state index contributed by atoms with van der Waals surface area (Å²) in [5.74, 6) is -0.0353. The molecule has 1 amide bonds. The van der Waals surface area contributed by atoms with Crippen LogP contribution in [0.15, 0.2) is 66.1 Å². The second-order valence-corrected chi connectivity index (χ2v) is 8.94. The summed E-state index contributed by atoms with van der Waals surface area (Å²) in [6, 6.07) is 16.1. The quantitative estimate of drug-likeness (QED) is 0.468. The molecule has 4 rings (SSSR count). The van der Waals surface area contributed by atoms with Gasteiger partial charge in [0.05, 0.1) is 20.5 Å². The number of para-hydroxylation sites is 1. The minimum Gasteiger partial charge on any atom is -0.329 e. The van der Waals surface area contributed by atoms with Crippen molar-refractivity contribution in [3.63, 3.8) is 0 Å². The predicted octanol–water partition coefficient (Wildman–Crippen LogP) is 4.74. The van der Waals surface area contributed by atoms with Crippen LogP contribution < -0.4 is 5.32 Å². The Bertz CT molecular complexity index is 1070. The van der Waals surface area contributed by atoms with E-state index in [1.165, 1.54) is 22.0 Å². The van der Waals surface area contributed by atoms with Crippen LogP contribution in [0.25, 0.3) is 10.2 Å². The molecule has 0 fully saturated rings. The highest BCUT2D eigenvalue weighted by Crippen LogP contribution is 2.25. The zero-order valence-electron chi connectivity index (χ0n) is 15.6. The number of thioether (sulfide) groups is 1. The third-order valence-electron chi connectivity index (χ3n) is 4.34. The number of benzene rings is 2. The monoisotopic (exact) mass is 408 g/mol. The number of carbonyl (C=O) groups excluding carboxylic acids is 1. The van der Waals surface area contributed by atoms with Gasteiger partial charge in [0.25, 0.3) is 0 Å². The molecule has 2 aromatic carbocycles. The van der Waals surface area contributed by atoms with E-state index < -0.39 is 0 Å². The van der Waals surface area contributed by atoms with Crippen molar-refractivity contribution < 1.29 is 4.79 Å². The largest absolute Gasteiger partial charge is 0.329 e. The highest BCUT2D eigenvalue weighted by atomic mass is 32.2. The number of amides is 1. The Labute approximate surface area is 171 Å². The number of fused-ring (bicyclic) bond motifs is 1. The molecule has 1 N–H and O–H groups in total. The van der Waals surface area contributed by atoms with Crippen LogP contribution in [-0.4, -0.2) is 25.7 Å². The normalized spacial score (nSPS) is 12.2. The van der Waals surface area contributed by atoms with Gasteiger partial charge in [0.1, 0.15) is 0 Å². The third-order valence-corrected chi connectivity index (χ3v) is 6.55. The van der Waals surface area contributed by atoms with Crippen molar-refractivity contribution in [3.05, 3.63) is 71.5 Å². The lowest BCUT2D eigenvalue weighted by Crippen LogP contribution is -2.22. The number of carbonyl (C=O) groups is 1. The van der Waals surface area contributed by atoms with Gasteiger partial charge in [-0.25, -0.2) is 9.97 Å². The van der Waals surface area contributed by atoms with Crippen molar-refractivity contribution in [1.29, 1.82) is 0 Å². The molecule has 7 heteroatoms. The summed E-state index contributed by atoms with van der Waals surface area (Å²) in [4.78, 5) is 21.4. The molecule has 2 aromatic heterocycles. The zero-order chi connectivity index (χ0) is 19.5. The van der Waals surface area contributed by atoms with Gasteiger partial charge < -0.3 is 9.88 Å². The highest BCUT2D eigenvalue weighted by Gasteiger charge is 2.16. The molecule has 2 heterocycles. The smallest absolute Gasteiger partial charge is 0.237 e. The molecule has 5 nitrogen and oxygen atoms in total. The fourth-order valence-corrected chi connectivity index (χ4v) is 4.63. The average Bonchev–Trinajstić information content (AvgIpc) is 3.28. The number of aromatic nitrogens is 3. The molecule has 142 valence electrons. The number of thiazole rings is 1. The van der Waals surface area contributed by atoms with Gasteiger partial charge >= 0.3 is 0 Å². The van der Waals surface area contributed by atoms with E-state index in [0.717, 1.165) is 27.8 Å². The molecular formula is C21H20N4OS2. The van der Waals surface area contributed by atoms with Crippen LogP contribution in [0.4, 0.5) is 5.69 Å². The van der Waals surface area contributed by atoms with Gasteiger partial charge in [-0.3, -0.25) is 4.79 Å². The molecule has 0 spiro atoms. The number of hydrogen-bond acceptors (Lipinski definition) is 5. The molecule has 0 aliphatic carbocycles. The highest BCUT2D eigenvalue weighted by molar-refractivity contribution is 8.00. The predicted molar refractivity (Wildman–Crippen MR) is 116 cm³/mol. The average molecular weight is 409 g/mol. The van der Waals surface area contributed by atoms with Crippen molar-refractivity contribution in [2.45, 2.75) is 23.8 Å². The summed E-state index contributed by atoms with van der Waals surface area (Å²) in [7, 11) is 1.92. The summed E-state index contributed by atoms with van der Waals surface area (Å²) >= 11 is 3.17. The lowest BCUT2D eigenvalue weighted by molar-refractivity contribution is -0.115. The fraction of sp³-hybridized carbons (Fsp3) is 0.190. The molecular weight excluding hydrogens is 388 g/mol. The van der Waals surface area contributed by atoms with Crippen molar-refractivity contribution in [2.75, 3.05) is 5.32 Å². The molecule has 1 unspecified atom stereocenters. The van der Waals surface area contributed by atoms with Crippen LogP contribution in [0.2, 0.25) is 0 Å². The maximum Gasteiger partial charge on any atom is 0.237 e. The molecule has 4 aromatic rings. The first kappa shape index (κ1) is 18.7. The molecule has 0 aliphatic heterocycles. The van der Waals surface area contributed by atoms with Gasteiger partial charge in [-0.05, 0) is 36.8 Å². The van der Waals surface area contributed by atoms with Crippen molar-refractivity contribution in [1.82, 2.24) is 14.5 Å². The number of nitrogens with zero attached hydrogens (tertiary/aromatic N) is 3. The summed E-state index contributed by atoms with van der Waals surface area (Å²) in [5, 5.41) is 4.67. The van der Waals surface area contributed by atoms with Gasteiger partial charge in [-0.1, -0.05) is 36.0 Å². The second kappa shape index (κ2) is 8.16. The molecule has 0 bridgehead atoms.